The van der Waals surface area contributed by atoms with Gasteiger partial charge in [0, 0.05) is 12.1 Å². The third-order valence-corrected chi connectivity index (χ3v) is 6.37. The van der Waals surface area contributed by atoms with E-state index in [4.69, 9.17) is 10.2 Å². The van der Waals surface area contributed by atoms with Crippen molar-refractivity contribution in [3.05, 3.63) is 0 Å². The molecule has 31 heavy (non-hydrogen) atoms. The first kappa shape index (κ1) is 25.4. The van der Waals surface area contributed by atoms with Crippen molar-refractivity contribution in [2.75, 3.05) is 13.1 Å². The van der Waals surface area contributed by atoms with Crippen LogP contribution in [0.1, 0.15) is 57.8 Å². The molecule has 0 unspecified atom stereocenters. The molecule has 0 heterocycles. The van der Waals surface area contributed by atoms with Gasteiger partial charge in [-0.2, -0.15) is 26.3 Å². The van der Waals surface area contributed by atoms with Crippen LogP contribution in [0.4, 0.5) is 35.9 Å². The zero-order valence-electron chi connectivity index (χ0n) is 17.0. The van der Waals surface area contributed by atoms with E-state index in [0.29, 0.717) is 61.2 Å². The smallest absolute Gasteiger partial charge is 0.407 e. The molecule has 2 aliphatic rings. The second kappa shape index (κ2) is 10.2. The molecule has 0 saturated heterocycles. The summed E-state index contributed by atoms with van der Waals surface area (Å²) in [6.45, 7) is -2.97. The van der Waals surface area contributed by atoms with Crippen LogP contribution in [0.15, 0.2) is 0 Å². The molecule has 0 aromatic heterocycles. The first-order chi connectivity index (χ1) is 14.2. The van der Waals surface area contributed by atoms with Crippen molar-refractivity contribution >= 4 is 12.2 Å². The van der Waals surface area contributed by atoms with Crippen molar-refractivity contribution in [1.82, 2.24) is 9.80 Å². The highest BCUT2D eigenvalue weighted by Crippen LogP contribution is 2.38. The van der Waals surface area contributed by atoms with Crippen LogP contribution in [0.5, 0.6) is 0 Å². The van der Waals surface area contributed by atoms with Gasteiger partial charge in [-0.25, -0.2) is 9.59 Å². The minimum Gasteiger partial charge on any atom is -0.465 e. The molecule has 0 aromatic carbocycles. The zero-order valence-corrected chi connectivity index (χ0v) is 17.0. The zero-order chi connectivity index (χ0) is 23.4. The van der Waals surface area contributed by atoms with Gasteiger partial charge in [-0.3, -0.25) is 9.80 Å². The summed E-state index contributed by atoms with van der Waals surface area (Å²) in [7, 11) is 0. The van der Waals surface area contributed by atoms with Crippen molar-refractivity contribution in [3.63, 3.8) is 0 Å². The van der Waals surface area contributed by atoms with E-state index in [-0.39, 0.29) is 11.8 Å². The monoisotopic (exact) mass is 462 g/mol. The van der Waals surface area contributed by atoms with Crippen molar-refractivity contribution in [2.45, 2.75) is 82.2 Å². The number of nitrogens with zero attached hydrogens (tertiary/aromatic N) is 2. The standard InChI is InChI=1S/C19H28F6N2O4/c20-18(21,22)10-26(16(28)29)14-5-1-12(2-6-14)9-13-3-7-15(8-4-13)27(17(30)31)11-19(23,24)25/h12-15H,1-11H2,(H,28,29)(H,30,31). The van der Waals surface area contributed by atoms with Crippen molar-refractivity contribution in [3.8, 4) is 0 Å². The van der Waals surface area contributed by atoms with E-state index in [1.807, 2.05) is 0 Å². The topological polar surface area (TPSA) is 81.1 Å². The lowest BCUT2D eigenvalue weighted by Gasteiger charge is -2.39. The fourth-order valence-electron chi connectivity index (χ4n) is 4.95. The Labute approximate surface area is 176 Å². The second-order valence-corrected chi connectivity index (χ2v) is 8.64. The molecule has 6 nitrogen and oxygen atoms in total. The first-order valence-corrected chi connectivity index (χ1v) is 10.4. The van der Waals surface area contributed by atoms with Gasteiger partial charge in [0.05, 0.1) is 0 Å². The molecule has 2 rings (SSSR count). The van der Waals surface area contributed by atoms with Crippen LogP contribution in [0.3, 0.4) is 0 Å². The predicted molar refractivity (Wildman–Crippen MR) is 97.7 cm³/mol. The highest BCUT2D eigenvalue weighted by Gasteiger charge is 2.40. The summed E-state index contributed by atoms with van der Waals surface area (Å²) in [5.74, 6) is 0.454. The molecule has 2 aliphatic carbocycles. The lowest BCUT2D eigenvalue weighted by atomic mass is 9.75. The number of amides is 2. The Morgan fingerprint density at radius 2 is 0.935 bits per heavy atom. The average Bonchev–Trinajstić information content (AvgIpc) is 2.64. The van der Waals surface area contributed by atoms with Gasteiger partial charge in [0.15, 0.2) is 0 Å². The van der Waals surface area contributed by atoms with Gasteiger partial charge >= 0.3 is 24.5 Å². The Kier molecular flexibility index (Phi) is 8.32. The summed E-state index contributed by atoms with van der Waals surface area (Å²) in [5, 5.41) is 18.2. The van der Waals surface area contributed by atoms with Gasteiger partial charge in [-0.15, -0.1) is 0 Å². The molecule has 0 aliphatic heterocycles. The van der Waals surface area contributed by atoms with Gasteiger partial charge < -0.3 is 10.2 Å². The molecule has 0 radical (unpaired) electrons. The van der Waals surface area contributed by atoms with E-state index < -0.39 is 49.7 Å². The Bertz CT molecular complexity index is 559. The van der Waals surface area contributed by atoms with E-state index in [1.54, 1.807) is 0 Å². The Hall–Kier alpha value is -1.88. The molecule has 0 atom stereocenters. The van der Waals surface area contributed by atoms with Gasteiger partial charge in [0.25, 0.3) is 0 Å². The summed E-state index contributed by atoms with van der Waals surface area (Å²) in [6, 6.07) is -1.34. The van der Waals surface area contributed by atoms with Gasteiger partial charge in [0.2, 0.25) is 0 Å². The minimum absolute atomic E-state index is 0.227. The molecular formula is C19H28F6N2O4. The maximum Gasteiger partial charge on any atom is 0.407 e. The van der Waals surface area contributed by atoms with Crippen LogP contribution < -0.4 is 0 Å². The SMILES string of the molecule is O=C(O)N(CC(F)(F)F)C1CCC(CC2CCC(N(CC(F)(F)F)C(=O)O)CC2)CC1. The van der Waals surface area contributed by atoms with Crippen LogP contribution in [-0.2, 0) is 0 Å². The molecule has 2 fully saturated rings. The Morgan fingerprint density at radius 3 is 1.16 bits per heavy atom. The first-order valence-electron chi connectivity index (χ1n) is 10.4. The highest BCUT2D eigenvalue weighted by atomic mass is 19.4. The van der Waals surface area contributed by atoms with E-state index >= 15 is 0 Å². The number of carbonyl (C=O) groups is 2. The summed E-state index contributed by atoms with van der Waals surface area (Å²) < 4.78 is 75.8. The van der Waals surface area contributed by atoms with Crippen LogP contribution >= 0.6 is 0 Å². The number of rotatable bonds is 6. The molecule has 2 saturated carbocycles. The fraction of sp³-hybridized carbons (Fsp3) is 0.895. The number of hydrogen-bond donors (Lipinski definition) is 2. The molecule has 12 heteroatoms. The van der Waals surface area contributed by atoms with Crippen molar-refractivity contribution in [1.29, 1.82) is 0 Å². The molecule has 0 bridgehead atoms. The van der Waals surface area contributed by atoms with E-state index in [0.717, 1.165) is 6.42 Å². The van der Waals surface area contributed by atoms with E-state index in [9.17, 15) is 35.9 Å². The maximum absolute atomic E-state index is 12.6. The Morgan fingerprint density at radius 1 is 0.645 bits per heavy atom. The van der Waals surface area contributed by atoms with Crippen molar-refractivity contribution < 1.29 is 46.1 Å². The maximum atomic E-state index is 12.6. The molecule has 180 valence electrons. The summed E-state index contributed by atoms with van der Waals surface area (Å²) in [6.07, 6.45) is -7.79. The highest BCUT2D eigenvalue weighted by molar-refractivity contribution is 5.66. The lowest BCUT2D eigenvalue weighted by molar-refractivity contribution is -0.147. The number of halogens is 6. The van der Waals surface area contributed by atoms with E-state index in [1.165, 1.54) is 0 Å². The molecular weight excluding hydrogens is 434 g/mol. The minimum atomic E-state index is -4.59. The second-order valence-electron chi connectivity index (χ2n) is 8.64. The average molecular weight is 462 g/mol. The Balaban J connectivity index is 1.80. The van der Waals surface area contributed by atoms with Crippen LogP contribution in [0.2, 0.25) is 0 Å². The molecule has 0 spiro atoms. The molecule has 2 N–H and O–H groups in total. The number of alkyl halides is 6. The van der Waals surface area contributed by atoms with Gasteiger partial charge in [-0.1, -0.05) is 0 Å². The van der Waals surface area contributed by atoms with Crippen LogP contribution in [0.25, 0.3) is 0 Å². The predicted octanol–water partition coefficient (Wildman–Crippen LogP) is 5.58. The molecule has 2 amide bonds. The van der Waals surface area contributed by atoms with Gasteiger partial charge in [-0.05, 0) is 69.6 Å². The summed E-state index contributed by atoms with van der Waals surface area (Å²) in [4.78, 5) is 23.3. The lowest BCUT2D eigenvalue weighted by Crippen LogP contribution is -2.47. The number of hydrogen-bond acceptors (Lipinski definition) is 2. The van der Waals surface area contributed by atoms with Gasteiger partial charge in [0.1, 0.15) is 13.1 Å². The third-order valence-electron chi connectivity index (χ3n) is 6.37. The summed E-state index contributed by atoms with van der Waals surface area (Å²) in [5.41, 5.74) is 0. The quantitative estimate of drug-likeness (QED) is 0.505. The fourth-order valence-corrected chi connectivity index (χ4v) is 4.95. The van der Waals surface area contributed by atoms with E-state index in [2.05, 4.69) is 0 Å². The normalized spacial score (nSPS) is 27.5. The molecule has 0 aromatic rings. The van der Waals surface area contributed by atoms with Crippen LogP contribution in [-0.4, -0.2) is 69.7 Å². The van der Waals surface area contributed by atoms with Crippen molar-refractivity contribution in [2.24, 2.45) is 11.8 Å². The summed E-state index contributed by atoms with van der Waals surface area (Å²) >= 11 is 0. The van der Waals surface area contributed by atoms with Crippen LogP contribution in [0, 0.1) is 11.8 Å². The number of carboxylic acid groups (broad SMARTS) is 2. The largest absolute Gasteiger partial charge is 0.465 e. The third kappa shape index (κ3) is 8.29.